The van der Waals surface area contributed by atoms with Crippen LogP contribution >= 0.6 is 0 Å². The summed E-state index contributed by atoms with van der Waals surface area (Å²) in [6, 6.07) is 6.29. The van der Waals surface area contributed by atoms with Gasteiger partial charge in [0.15, 0.2) is 0 Å². The minimum Gasteiger partial charge on any atom is -0.497 e. The van der Waals surface area contributed by atoms with E-state index in [2.05, 4.69) is 29.8 Å². The monoisotopic (exact) mass is 246 g/mol. The van der Waals surface area contributed by atoms with Gasteiger partial charge in [-0.15, -0.1) is 0 Å². The molecule has 0 saturated carbocycles. The summed E-state index contributed by atoms with van der Waals surface area (Å²) in [7, 11) is 1.70. The maximum Gasteiger partial charge on any atom is 0.120 e. The number of rotatable bonds is 6. The van der Waals surface area contributed by atoms with Crippen LogP contribution in [0, 0.1) is 0 Å². The molecule has 0 aliphatic carbocycles. The number of ether oxygens (including phenoxy) is 1. The van der Waals surface area contributed by atoms with Gasteiger partial charge in [-0.25, -0.2) is 0 Å². The fourth-order valence-electron chi connectivity index (χ4n) is 2.37. The van der Waals surface area contributed by atoms with E-state index in [4.69, 9.17) is 10.5 Å². The highest BCUT2D eigenvalue weighted by Crippen LogP contribution is 2.26. The topological polar surface area (TPSA) is 40.2 Å². The summed E-state index contributed by atoms with van der Waals surface area (Å²) in [5.41, 5.74) is 8.33. The number of nitrogens with zero attached hydrogens (tertiary/aromatic N) is 1. The van der Waals surface area contributed by atoms with Gasteiger partial charge >= 0.3 is 0 Å². The molecule has 0 unspecified atom stereocenters. The number of nitrogens with two attached hydrogens (primary N) is 1. The SMILES string of the molecule is CCCCc1cn(CCN)c2cc(OC)ccc12. The second-order valence-electron chi connectivity index (χ2n) is 4.62. The summed E-state index contributed by atoms with van der Waals surface area (Å²) in [5.74, 6) is 0.904. The molecular weight excluding hydrogens is 224 g/mol. The number of hydrogen-bond acceptors (Lipinski definition) is 2. The quantitative estimate of drug-likeness (QED) is 0.851. The molecule has 3 nitrogen and oxygen atoms in total. The molecule has 0 saturated heterocycles. The number of fused-ring (bicyclic) bond motifs is 1. The van der Waals surface area contributed by atoms with Gasteiger partial charge < -0.3 is 15.0 Å². The molecule has 0 radical (unpaired) electrons. The molecule has 98 valence electrons. The van der Waals surface area contributed by atoms with Crippen molar-refractivity contribution >= 4 is 10.9 Å². The average molecular weight is 246 g/mol. The Morgan fingerprint density at radius 2 is 2.17 bits per heavy atom. The largest absolute Gasteiger partial charge is 0.497 e. The molecule has 18 heavy (non-hydrogen) atoms. The summed E-state index contributed by atoms with van der Waals surface area (Å²) in [6.45, 7) is 3.74. The van der Waals surface area contributed by atoms with Crippen LogP contribution in [-0.4, -0.2) is 18.2 Å². The van der Waals surface area contributed by atoms with E-state index in [-0.39, 0.29) is 0 Å². The molecule has 0 amide bonds. The average Bonchev–Trinajstić information content (AvgIpc) is 2.74. The lowest BCUT2D eigenvalue weighted by Crippen LogP contribution is -2.08. The zero-order valence-electron chi connectivity index (χ0n) is 11.3. The van der Waals surface area contributed by atoms with E-state index < -0.39 is 0 Å². The lowest BCUT2D eigenvalue weighted by molar-refractivity contribution is 0.415. The number of aryl methyl sites for hydroxylation is 1. The molecule has 0 aliphatic heterocycles. The van der Waals surface area contributed by atoms with Gasteiger partial charge in [-0.3, -0.25) is 0 Å². The first-order valence-electron chi connectivity index (χ1n) is 6.66. The molecule has 2 N–H and O–H groups in total. The molecule has 0 fully saturated rings. The second kappa shape index (κ2) is 5.91. The van der Waals surface area contributed by atoms with E-state index >= 15 is 0 Å². The smallest absolute Gasteiger partial charge is 0.120 e. The van der Waals surface area contributed by atoms with Crippen molar-refractivity contribution in [2.24, 2.45) is 5.73 Å². The van der Waals surface area contributed by atoms with Crippen LogP contribution < -0.4 is 10.5 Å². The van der Waals surface area contributed by atoms with Gasteiger partial charge in [-0.2, -0.15) is 0 Å². The first kappa shape index (κ1) is 13.0. The van der Waals surface area contributed by atoms with Crippen LogP contribution in [0.15, 0.2) is 24.4 Å². The molecule has 1 heterocycles. The Balaban J connectivity index is 2.45. The van der Waals surface area contributed by atoms with Crippen molar-refractivity contribution in [3.8, 4) is 5.75 Å². The highest BCUT2D eigenvalue weighted by Gasteiger charge is 2.08. The van der Waals surface area contributed by atoms with Crippen molar-refractivity contribution in [1.82, 2.24) is 4.57 Å². The Kier molecular flexibility index (Phi) is 4.26. The summed E-state index contributed by atoms with van der Waals surface area (Å²) < 4.78 is 7.54. The predicted octanol–water partition coefficient (Wildman–Crippen LogP) is 2.95. The molecule has 3 heteroatoms. The second-order valence-corrected chi connectivity index (χ2v) is 4.62. The van der Waals surface area contributed by atoms with Crippen molar-refractivity contribution in [2.75, 3.05) is 13.7 Å². The summed E-state index contributed by atoms with van der Waals surface area (Å²) in [5, 5.41) is 1.33. The normalized spacial score (nSPS) is 11.1. The lowest BCUT2D eigenvalue weighted by Gasteiger charge is -2.04. The first-order chi connectivity index (χ1) is 8.80. The maximum absolute atomic E-state index is 5.68. The van der Waals surface area contributed by atoms with Crippen LogP contribution in [0.25, 0.3) is 10.9 Å². The highest BCUT2D eigenvalue weighted by molar-refractivity contribution is 5.85. The molecule has 0 bridgehead atoms. The number of benzene rings is 1. The van der Waals surface area contributed by atoms with Crippen LogP contribution in [0.4, 0.5) is 0 Å². The van der Waals surface area contributed by atoms with Crippen LogP contribution in [0.3, 0.4) is 0 Å². The van der Waals surface area contributed by atoms with Crippen molar-refractivity contribution in [1.29, 1.82) is 0 Å². The summed E-state index contributed by atoms with van der Waals surface area (Å²) >= 11 is 0. The number of aromatic nitrogens is 1. The first-order valence-corrected chi connectivity index (χ1v) is 6.66. The van der Waals surface area contributed by atoms with Crippen LogP contribution in [-0.2, 0) is 13.0 Å². The molecule has 0 spiro atoms. The molecule has 2 rings (SSSR count). The Labute approximate surface area is 109 Å². The maximum atomic E-state index is 5.68. The van der Waals surface area contributed by atoms with Gasteiger partial charge in [0.05, 0.1) is 12.6 Å². The third-order valence-corrected chi connectivity index (χ3v) is 3.34. The van der Waals surface area contributed by atoms with E-state index in [1.165, 1.54) is 29.3 Å². The van der Waals surface area contributed by atoms with E-state index in [0.717, 1.165) is 18.7 Å². The van der Waals surface area contributed by atoms with Crippen LogP contribution in [0.5, 0.6) is 5.75 Å². The summed E-state index contributed by atoms with van der Waals surface area (Å²) in [4.78, 5) is 0. The van der Waals surface area contributed by atoms with Crippen molar-refractivity contribution < 1.29 is 4.74 Å². The Morgan fingerprint density at radius 1 is 1.33 bits per heavy atom. The highest BCUT2D eigenvalue weighted by atomic mass is 16.5. The molecule has 0 aliphatic rings. The third kappa shape index (κ3) is 2.51. The Morgan fingerprint density at radius 3 is 2.83 bits per heavy atom. The van der Waals surface area contributed by atoms with E-state index in [0.29, 0.717) is 6.54 Å². The number of hydrogen-bond donors (Lipinski definition) is 1. The van der Waals surface area contributed by atoms with Gasteiger partial charge in [-0.05, 0) is 30.5 Å². The van der Waals surface area contributed by atoms with E-state index in [9.17, 15) is 0 Å². The Hall–Kier alpha value is -1.48. The fraction of sp³-hybridized carbons (Fsp3) is 0.467. The minimum atomic E-state index is 0.661. The Bertz CT molecular complexity index is 516. The molecule has 1 aromatic carbocycles. The minimum absolute atomic E-state index is 0.661. The van der Waals surface area contributed by atoms with Gasteiger partial charge in [-0.1, -0.05) is 13.3 Å². The van der Waals surface area contributed by atoms with Crippen molar-refractivity contribution in [3.63, 3.8) is 0 Å². The van der Waals surface area contributed by atoms with Gasteiger partial charge in [0.1, 0.15) is 5.75 Å². The third-order valence-electron chi connectivity index (χ3n) is 3.34. The fourth-order valence-corrected chi connectivity index (χ4v) is 2.37. The lowest BCUT2D eigenvalue weighted by atomic mass is 10.1. The van der Waals surface area contributed by atoms with Gasteiger partial charge in [0.25, 0.3) is 0 Å². The standard InChI is InChI=1S/C15H22N2O/c1-3-4-5-12-11-17(9-8-16)15-10-13(18-2)6-7-14(12)15/h6-7,10-11H,3-5,8-9,16H2,1-2H3. The van der Waals surface area contributed by atoms with Crippen molar-refractivity contribution in [3.05, 3.63) is 30.0 Å². The summed E-state index contributed by atoms with van der Waals surface area (Å²) in [6.07, 6.45) is 5.83. The van der Waals surface area contributed by atoms with Crippen LogP contribution in [0.2, 0.25) is 0 Å². The zero-order valence-corrected chi connectivity index (χ0v) is 11.3. The molecule has 2 aromatic rings. The van der Waals surface area contributed by atoms with E-state index in [1.807, 2.05) is 6.07 Å². The van der Waals surface area contributed by atoms with Crippen LogP contribution in [0.1, 0.15) is 25.3 Å². The predicted molar refractivity (Wildman–Crippen MR) is 76.2 cm³/mol. The number of unbranched alkanes of at least 4 members (excludes halogenated alkanes) is 1. The molecule has 0 atom stereocenters. The van der Waals surface area contributed by atoms with Gasteiger partial charge in [0, 0.05) is 30.7 Å². The zero-order chi connectivity index (χ0) is 13.0. The van der Waals surface area contributed by atoms with E-state index in [1.54, 1.807) is 7.11 Å². The molecule has 1 aromatic heterocycles. The molecular formula is C15H22N2O. The van der Waals surface area contributed by atoms with Crippen molar-refractivity contribution in [2.45, 2.75) is 32.7 Å². The van der Waals surface area contributed by atoms with Gasteiger partial charge in [0.2, 0.25) is 0 Å². The number of methoxy groups -OCH3 is 1.